The highest BCUT2D eigenvalue weighted by atomic mass is 19.1. The van der Waals surface area contributed by atoms with Gasteiger partial charge in [0.2, 0.25) is 5.95 Å². The van der Waals surface area contributed by atoms with Gasteiger partial charge in [-0.3, -0.25) is 0 Å². The SMILES string of the molecule is Fc1cc(F)cc(-n2cnc(Nc3cccc(OC4CCCC4)c3)n2)c1. The highest BCUT2D eigenvalue weighted by molar-refractivity contribution is 5.55. The monoisotopic (exact) mass is 356 g/mol. The smallest absolute Gasteiger partial charge is 0.246 e. The number of aromatic nitrogens is 3. The lowest BCUT2D eigenvalue weighted by Gasteiger charge is -2.13. The Hall–Kier alpha value is -2.96. The Morgan fingerprint density at radius 1 is 1.04 bits per heavy atom. The lowest BCUT2D eigenvalue weighted by atomic mass is 10.2. The molecule has 1 saturated carbocycles. The first-order valence-electron chi connectivity index (χ1n) is 8.57. The van der Waals surface area contributed by atoms with E-state index in [-0.39, 0.29) is 11.8 Å². The molecule has 4 rings (SSSR count). The van der Waals surface area contributed by atoms with Crippen molar-refractivity contribution in [2.45, 2.75) is 31.8 Å². The van der Waals surface area contributed by atoms with Gasteiger partial charge in [0.1, 0.15) is 23.7 Å². The summed E-state index contributed by atoms with van der Waals surface area (Å²) in [4.78, 5) is 4.14. The molecule has 5 nitrogen and oxygen atoms in total. The Balaban J connectivity index is 1.48. The lowest BCUT2D eigenvalue weighted by molar-refractivity contribution is 0.210. The van der Waals surface area contributed by atoms with Gasteiger partial charge < -0.3 is 10.1 Å². The van der Waals surface area contributed by atoms with E-state index >= 15 is 0 Å². The number of anilines is 2. The van der Waals surface area contributed by atoms with Gasteiger partial charge in [-0.15, -0.1) is 5.10 Å². The van der Waals surface area contributed by atoms with Crippen LogP contribution in [0.15, 0.2) is 48.8 Å². The number of halogens is 2. The van der Waals surface area contributed by atoms with E-state index in [0.29, 0.717) is 5.95 Å². The zero-order valence-corrected chi connectivity index (χ0v) is 14.0. The Bertz CT molecular complexity index is 886. The average Bonchev–Trinajstić information content (AvgIpc) is 3.26. The molecule has 0 aliphatic heterocycles. The third-order valence-corrected chi connectivity index (χ3v) is 4.30. The molecular formula is C19H18F2N4O. The maximum absolute atomic E-state index is 13.3. The van der Waals surface area contributed by atoms with Gasteiger partial charge in [-0.2, -0.15) is 4.98 Å². The van der Waals surface area contributed by atoms with Gasteiger partial charge in [-0.1, -0.05) is 6.07 Å². The van der Waals surface area contributed by atoms with Crippen LogP contribution in [-0.2, 0) is 0 Å². The summed E-state index contributed by atoms with van der Waals surface area (Å²) >= 11 is 0. The van der Waals surface area contributed by atoms with E-state index in [1.807, 2.05) is 24.3 Å². The van der Waals surface area contributed by atoms with Crippen LogP contribution in [0.25, 0.3) is 5.69 Å². The van der Waals surface area contributed by atoms with E-state index in [0.717, 1.165) is 30.3 Å². The van der Waals surface area contributed by atoms with Crippen LogP contribution < -0.4 is 10.1 Å². The normalized spacial score (nSPS) is 14.5. The fourth-order valence-electron chi connectivity index (χ4n) is 3.09. The number of nitrogens with zero attached hydrogens (tertiary/aromatic N) is 3. The second kappa shape index (κ2) is 7.11. The third kappa shape index (κ3) is 3.82. The van der Waals surface area contributed by atoms with Gasteiger partial charge in [0.15, 0.2) is 0 Å². The molecule has 0 spiro atoms. The minimum absolute atomic E-state index is 0.265. The molecule has 2 aromatic carbocycles. The molecule has 1 heterocycles. The van der Waals surface area contributed by atoms with Gasteiger partial charge in [-0.05, 0) is 49.9 Å². The lowest BCUT2D eigenvalue weighted by Crippen LogP contribution is -2.10. The summed E-state index contributed by atoms with van der Waals surface area (Å²) in [5.74, 6) is -0.204. The van der Waals surface area contributed by atoms with E-state index in [1.165, 1.54) is 36.0 Å². The van der Waals surface area contributed by atoms with Crippen LogP contribution >= 0.6 is 0 Å². The summed E-state index contributed by atoms with van der Waals surface area (Å²) in [6.45, 7) is 0. The molecule has 1 N–H and O–H groups in total. The van der Waals surface area contributed by atoms with Crippen LogP contribution in [0, 0.1) is 11.6 Å². The molecule has 1 aliphatic carbocycles. The summed E-state index contributed by atoms with van der Waals surface area (Å²) in [7, 11) is 0. The van der Waals surface area contributed by atoms with Crippen molar-refractivity contribution in [2.24, 2.45) is 0 Å². The molecular weight excluding hydrogens is 338 g/mol. The summed E-state index contributed by atoms with van der Waals surface area (Å²) in [5.41, 5.74) is 1.05. The highest BCUT2D eigenvalue weighted by Gasteiger charge is 2.16. The number of nitrogens with one attached hydrogen (secondary N) is 1. The fourth-order valence-corrected chi connectivity index (χ4v) is 3.09. The van der Waals surface area contributed by atoms with Crippen molar-refractivity contribution >= 4 is 11.6 Å². The summed E-state index contributed by atoms with van der Waals surface area (Å²) in [6, 6.07) is 10.8. The number of benzene rings is 2. The summed E-state index contributed by atoms with van der Waals surface area (Å²) in [6.07, 6.45) is 6.29. The summed E-state index contributed by atoms with van der Waals surface area (Å²) in [5, 5.41) is 7.29. The van der Waals surface area contributed by atoms with Gasteiger partial charge in [0, 0.05) is 17.8 Å². The zero-order chi connectivity index (χ0) is 17.9. The van der Waals surface area contributed by atoms with Crippen LogP contribution in [0.5, 0.6) is 5.75 Å². The molecule has 134 valence electrons. The second-order valence-electron chi connectivity index (χ2n) is 6.32. The van der Waals surface area contributed by atoms with E-state index in [4.69, 9.17) is 4.74 Å². The number of hydrogen-bond acceptors (Lipinski definition) is 4. The number of rotatable bonds is 5. The molecule has 0 unspecified atom stereocenters. The molecule has 0 radical (unpaired) electrons. The number of hydrogen-bond donors (Lipinski definition) is 1. The van der Waals surface area contributed by atoms with Crippen molar-refractivity contribution in [3.8, 4) is 11.4 Å². The van der Waals surface area contributed by atoms with Crippen LogP contribution in [0.2, 0.25) is 0 Å². The Morgan fingerprint density at radius 3 is 2.58 bits per heavy atom. The van der Waals surface area contributed by atoms with Gasteiger partial charge in [0.25, 0.3) is 0 Å². The quantitative estimate of drug-likeness (QED) is 0.725. The predicted octanol–water partition coefficient (Wildman–Crippen LogP) is 4.61. The topological polar surface area (TPSA) is 52.0 Å². The van der Waals surface area contributed by atoms with Gasteiger partial charge in [0.05, 0.1) is 11.8 Å². The Kier molecular flexibility index (Phi) is 4.51. The third-order valence-electron chi connectivity index (χ3n) is 4.30. The Labute approximate surface area is 149 Å². The molecule has 3 aromatic rings. The van der Waals surface area contributed by atoms with Crippen molar-refractivity contribution in [3.05, 3.63) is 60.4 Å². The van der Waals surface area contributed by atoms with Crippen LogP contribution in [0.3, 0.4) is 0 Å². The van der Waals surface area contributed by atoms with Crippen LogP contribution in [0.1, 0.15) is 25.7 Å². The molecule has 1 aromatic heterocycles. The Morgan fingerprint density at radius 2 is 1.81 bits per heavy atom. The summed E-state index contributed by atoms with van der Waals surface area (Å²) < 4.78 is 34.0. The molecule has 7 heteroatoms. The van der Waals surface area contributed by atoms with E-state index in [2.05, 4.69) is 15.4 Å². The first-order valence-corrected chi connectivity index (χ1v) is 8.57. The van der Waals surface area contributed by atoms with Gasteiger partial charge in [-0.25, -0.2) is 13.5 Å². The maximum Gasteiger partial charge on any atom is 0.246 e. The molecule has 0 amide bonds. The van der Waals surface area contributed by atoms with E-state index < -0.39 is 11.6 Å². The molecule has 1 fully saturated rings. The van der Waals surface area contributed by atoms with Crippen molar-refractivity contribution < 1.29 is 13.5 Å². The zero-order valence-electron chi connectivity index (χ0n) is 14.0. The van der Waals surface area contributed by atoms with Gasteiger partial charge >= 0.3 is 0 Å². The molecule has 0 saturated heterocycles. The largest absolute Gasteiger partial charge is 0.490 e. The second-order valence-corrected chi connectivity index (χ2v) is 6.32. The minimum atomic E-state index is -0.665. The fraction of sp³-hybridized carbons (Fsp3) is 0.263. The maximum atomic E-state index is 13.3. The van der Waals surface area contributed by atoms with E-state index in [9.17, 15) is 8.78 Å². The van der Waals surface area contributed by atoms with Crippen LogP contribution in [0.4, 0.5) is 20.4 Å². The van der Waals surface area contributed by atoms with Crippen molar-refractivity contribution in [1.82, 2.24) is 14.8 Å². The molecule has 26 heavy (non-hydrogen) atoms. The predicted molar refractivity (Wildman–Crippen MR) is 93.9 cm³/mol. The highest BCUT2D eigenvalue weighted by Crippen LogP contribution is 2.26. The van der Waals surface area contributed by atoms with Crippen molar-refractivity contribution in [2.75, 3.05) is 5.32 Å². The van der Waals surface area contributed by atoms with Crippen LogP contribution in [-0.4, -0.2) is 20.9 Å². The molecule has 1 aliphatic rings. The van der Waals surface area contributed by atoms with Crippen molar-refractivity contribution in [1.29, 1.82) is 0 Å². The molecule has 0 atom stereocenters. The van der Waals surface area contributed by atoms with E-state index in [1.54, 1.807) is 0 Å². The average molecular weight is 356 g/mol. The first-order chi connectivity index (χ1) is 12.7. The first kappa shape index (κ1) is 16.5. The minimum Gasteiger partial charge on any atom is -0.490 e. The molecule has 0 bridgehead atoms. The standard InChI is InChI=1S/C19H18F2N4O/c20-13-8-14(21)10-16(9-13)25-12-22-19(24-25)23-15-4-3-7-18(11-15)26-17-5-1-2-6-17/h3-4,7-12,17H,1-2,5-6H2,(H,23,24). The van der Waals surface area contributed by atoms with Crippen molar-refractivity contribution in [3.63, 3.8) is 0 Å². The number of ether oxygens (including phenoxy) is 1.